The number of nitrogens with zero attached hydrogens (tertiary/aromatic N) is 1. The van der Waals surface area contributed by atoms with Crippen LogP contribution in [0.5, 0.6) is 5.75 Å². The van der Waals surface area contributed by atoms with Gasteiger partial charge in [0.25, 0.3) is 5.91 Å². The summed E-state index contributed by atoms with van der Waals surface area (Å²) in [5, 5.41) is 5.84. The maximum atomic E-state index is 13.5. The number of anilines is 1. The molecular formula is C26H30N2O3. The summed E-state index contributed by atoms with van der Waals surface area (Å²) in [5.41, 5.74) is 2.57. The Morgan fingerprint density at radius 2 is 1.77 bits per heavy atom. The highest BCUT2D eigenvalue weighted by atomic mass is 16.5. The highest BCUT2D eigenvalue weighted by Gasteiger charge is 2.35. The monoisotopic (exact) mass is 418 g/mol. The van der Waals surface area contributed by atoms with Crippen LogP contribution in [-0.4, -0.2) is 37.2 Å². The molecule has 0 aromatic heterocycles. The third-order valence-electron chi connectivity index (χ3n) is 5.67. The molecule has 4 rings (SSSR count). The van der Waals surface area contributed by atoms with Crippen molar-refractivity contribution in [2.45, 2.75) is 32.9 Å². The smallest absolute Gasteiger partial charge is 0.257 e. The van der Waals surface area contributed by atoms with E-state index >= 15 is 0 Å². The lowest BCUT2D eigenvalue weighted by Crippen LogP contribution is -2.43. The minimum atomic E-state index is -0.304. The molecule has 1 aliphatic rings. The SMILES string of the molecule is CCCCN1C(=O)c2ccccc2NC1c1c(OCCOCC)ccc2ccccc12. The Hall–Kier alpha value is -3.05. The number of para-hydroxylation sites is 1. The van der Waals surface area contributed by atoms with E-state index < -0.39 is 0 Å². The first-order valence-corrected chi connectivity index (χ1v) is 11.1. The van der Waals surface area contributed by atoms with E-state index in [4.69, 9.17) is 9.47 Å². The maximum absolute atomic E-state index is 13.5. The summed E-state index contributed by atoms with van der Waals surface area (Å²) < 4.78 is 11.6. The van der Waals surface area contributed by atoms with Crippen molar-refractivity contribution in [1.82, 2.24) is 4.90 Å². The number of benzene rings is 3. The van der Waals surface area contributed by atoms with E-state index in [2.05, 4.69) is 30.4 Å². The molecule has 1 aliphatic heterocycles. The molecule has 5 nitrogen and oxygen atoms in total. The highest BCUT2D eigenvalue weighted by Crippen LogP contribution is 2.40. The van der Waals surface area contributed by atoms with Crippen LogP contribution in [-0.2, 0) is 4.74 Å². The molecule has 0 fully saturated rings. The van der Waals surface area contributed by atoms with Crippen molar-refractivity contribution < 1.29 is 14.3 Å². The van der Waals surface area contributed by atoms with Gasteiger partial charge in [0.2, 0.25) is 0 Å². The lowest BCUT2D eigenvalue weighted by molar-refractivity contribution is 0.0676. The van der Waals surface area contributed by atoms with Crippen LogP contribution in [0.1, 0.15) is 48.8 Å². The van der Waals surface area contributed by atoms with Crippen molar-refractivity contribution in [3.8, 4) is 5.75 Å². The number of hydrogen-bond donors (Lipinski definition) is 1. The lowest BCUT2D eigenvalue weighted by Gasteiger charge is -2.39. The molecule has 0 bridgehead atoms. The zero-order chi connectivity index (χ0) is 21.6. The second-order valence-electron chi connectivity index (χ2n) is 7.69. The second-order valence-corrected chi connectivity index (χ2v) is 7.69. The van der Waals surface area contributed by atoms with Gasteiger partial charge >= 0.3 is 0 Å². The van der Waals surface area contributed by atoms with Gasteiger partial charge in [-0.2, -0.15) is 0 Å². The largest absolute Gasteiger partial charge is 0.491 e. The van der Waals surface area contributed by atoms with Crippen molar-refractivity contribution in [2.75, 3.05) is 31.7 Å². The van der Waals surface area contributed by atoms with Crippen molar-refractivity contribution in [3.63, 3.8) is 0 Å². The lowest BCUT2D eigenvalue weighted by atomic mass is 9.97. The van der Waals surface area contributed by atoms with Gasteiger partial charge in [-0.15, -0.1) is 0 Å². The Kier molecular flexibility index (Phi) is 6.73. The number of fused-ring (bicyclic) bond motifs is 2. The second kappa shape index (κ2) is 9.84. The summed E-state index contributed by atoms with van der Waals surface area (Å²) in [6.45, 7) is 6.46. The number of rotatable bonds is 9. The first kappa shape index (κ1) is 21.2. The molecule has 162 valence electrons. The normalized spacial score (nSPS) is 15.6. The number of unbranched alkanes of at least 4 members (excludes halogenated alkanes) is 1. The zero-order valence-electron chi connectivity index (χ0n) is 18.3. The third kappa shape index (κ3) is 4.37. The fourth-order valence-electron chi connectivity index (χ4n) is 4.12. The molecule has 0 saturated heterocycles. The topological polar surface area (TPSA) is 50.8 Å². The standard InChI is InChI=1S/C26H30N2O3/c1-3-5-16-28-25(27-22-13-9-8-12-21(22)26(28)29)24-20-11-7-6-10-19(20)14-15-23(24)31-18-17-30-4-2/h6-15,25,27H,3-5,16-18H2,1-2H3. The summed E-state index contributed by atoms with van der Waals surface area (Å²) in [5.74, 6) is 0.839. The van der Waals surface area contributed by atoms with Gasteiger partial charge in [-0.1, -0.05) is 55.8 Å². The van der Waals surface area contributed by atoms with Crippen molar-refractivity contribution >= 4 is 22.4 Å². The number of amides is 1. The maximum Gasteiger partial charge on any atom is 0.257 e. The van der Waals surface area contributed by atoms with Gasteiger partial charge in [-0.3, -0.25) is 4.79 Å². The molecular weight excluding hydrogens is 388 g/mol. The summed E-state index contributed by atoms with van der Waals surface area (Å²) in [6, 6.07) is 20.1. The van der Waals surface area contributed by atoms with Crippen molar-refractivity contribution in [3.05, 3.63) is 71.8 Å². The fourth-order valence-corrected chi connectivity index (χ4v) is 4.12. The van der Waals surface area contributed by atoms with E-state index in [1.54, 1.807) is 0 Å². The van der Waals surface area contributed by atoms with Gasteiger partial charge in [-0.25, -0.2) is 0 Å². The number of ether oxygens (including phenoxy) is 2. The summed E-state index contributed by atoms with van der Waals surface area (Å²) in [4.78, 5) is 15.4. The van der Waals surface area contributed by atoms with Crippen LogP contribution in [0.2, 0.25) is 0 Å². The van der Waals surface area contributed by atoms with Crippen molar-refractivity contribution in [1.29, 1.82) is 0 Å². The van der Waals surface area contributed by atoms with E-state index in [0.717, 1.165) is 40.6 Å². The Bertz CT molecular complexity index is 1050. The molecule has 1 N–H and O–H groups in total. The van der Waals surface area contributed by atoms with Crippen LogP contribution in [0.25, 0.3) is 10.8 Å². The van der Waals surface area contributed by atoms with E-state index in [-0.39, 0.29) is 12.1 Å². The zero-order valence-corrected chi connectivity index (χ0v) is 18.3. The molecule has 0 spiro atoms. The third-order valence-corrected chi connectivity index (χ3v) is 5.67. The average molecular weight is 419 g/mol. The molecule has 31 heavy (non-hydrogen) atoms. The van der Waals surface area contributed by atoms with Crippen LogP contribution in [0, 0.1) is 0 Å². The summed E-state index contributed by atoms with van der Waals surface area (Å²) in [6.07, 6.45) is 1.66. The molecule has 1 unspecified atom stereocenters. The summed E-state index contributed by atoms with van der Waals surface area (Å²) in [7, 11) is 0. The van der Waals surface area contributed by atoms with Gasteiger partial charge in [-0.05, 0) is 42.3 Å². The molecule has 0 aliphatic carbocycles. The minimum Gasteiger partial charge on any atom is -0.491 e. The first-order valence-electron chi connectivity index (χ1n) is 11.1. The Balaban J connectivity index is 1.81. The van der Waals surface area contributed by atoms with Crippen LogP contribution >= 0.6 is 0 Å². The van der Waals surface area contributed by atoms with Gasteiger partial charge in [0.1, 0.15) is 18.5 Å². The summed E-state index contributed by atoms with van der Waals surface area (Å²) >= 11 is 0. The molecule has 5 heteroatoms. The predicted octanol–water partition coefficient (Wildman–Crippen LogP) is 5.62. The first-order chi connectivity index (χ1) is 15.2. The van der Waals surface area contributed by atoms with E-state index in [0.29, 0.717) is 31.9 Å². The Morgan fingerprint density at radius 1 is 0.968 bits per heavy atom. The molecule has 1 heterocycles. The van der Waals surface area contributed by atoms with E-state index in [1.165, 1.54) is 0 Å². The molecule has 1 atom stereocenters. The van der Waals surface area contributed by atoms with E-state index in [9.17, 15) is 4.79 Å². The van der Waals surface area contributed by atoms with Crippen LogP contribution < -0.4 is 10.1 Å². The molecule has 0 radical (unpaired) electrons. The number of nitrogens with one attached hydrogen (secondary N) is 1. The molecule has 3 aromatic carbocycles. The van der Waals surface area contributed by atoms with E-state index in [1.807, 2.05) is 54.3 Å². The van der Waals surface area contributed by atoms with Gasteiger partial charge in [0.05, 0.1) is 12.2 Å². The number of carbonyl (C=O) groups is 1. The Morgan fingerprint density at radius 3 is 2.61 bits per heavy atom. The number of hydrogen-bond acceptors (Lipinski definition) is 4. The predicted molar refractivity (Wildman–Crippen MR) is 125 cm³/mol. The quantitative estimate of drug-likeness (QED) is 0.458. The van der Waals surface area contributed by atoms with Crippen LogP contribution in [0.3, 0.4) is 0 Å². The number of carbonyl (C=O) groups excluding carboxylic acids is 1. The minimum absolute atomic E-state index is 0.0565. The van der Waals surface area contributed by atoms with Gasteiger partial charge in [0, 0.05) is 24.4 Å². The van der Waals surface area contributed by atoms with Crippen LogP contribution in [0.4, 0.5) is 5.69 Å². The molecule has 1 amide bonds. The fraction of sp³-hybridized carbons (Fsp3) is 0.346. The molecule has 3 aromatic rings. The van der Waals surface area contributed by atoms with Gasteiger partial charge in [0.15, 0.2) is 0 Å². The molecule has 0 saturated carbocycles. The average Bonchev–Trinajstić information content (AvgIpc) is 2.81. The highest BCUT2D eigenvalue weighted by molar-refractivity contribution is 6.02. The van der Waals surface area contributed by atoms with Crippen molar-refractivity contribution in [2.24, 2.45) is 0 Å². The van der Waals surface area contributed by atoms with Gasteiger partial charge < -0.3 is 19.7 Å². The Labute approximate surface area is 184 Å². The van der Waals surface area contributed by atoms with Crippen LogP contribution in [0.15, 0.2) is 60.7 Å².